The summed E-state index contributed by atoms with van der Waals surface area (Å²) in [5.74, 6) is -0.00129. The Balaban J connectivity index is 2.10. The number of Topliss-reactive ketones (excluding diaryl/α,β-unsaturated/α-hetero) is 1. The predicted octanol–water partition coefficient (Wildman–Crippen LogP) is 4.26. The summed E-state index contributed by atoms with van der Waals surface area (Å²) in [5.41, 5.74) is 1.11. The summed E-state index contributed by atoms with van der Waals surface area (Å²) in [4.78, 5) is 30.4. The number of rotatable bonds is 12. The van der Waals surface area contributed by atoms with Crippen molar-refractivity contribution >= 4 is 17.4 Å². The van der Waals surface area contributed by atoms with Crippen molar-refractivity contribution in [2.45, 2.75) is 33.2 Å². The number of methoxy groups -OCH3 is 2. The second kappa shape index (κ2) is 12.4. The van der Waals surface area contributed by atoms with Crippen molar-refractivity contribution in [2.75, 3.05) is 47.0 Å². The molecule has 1 fully saturated rings. The zero-order chi connectivity index (χ0) is 26.2. The summed E-state index contributed by atoms with van der Waals surface area (Å²) < 4.78 is 16.4. The summed E-state index contributed by atoms with van der Waals surface area (Å²) in [5, 5.41) is 11.3. The molecule has 1 heterocycles. The van der Waals surface area contributed by atoms with Gasteiger partial charge >= 0.3 is 0 Å². The van der Waals surface area contributed by atoms with Crippen LogP contribution in [0.25, 0.3) is 5.76 Å². The lowest BCUT2D eigenvalue weighted by Gasteiger charge is -2.27. The van der Waals surface area contributed by atoms with E-state index in [9.17, 15) is 14.7 Å². The van der Waals surface area contributed by atoms with Crippen LogP contribution in [0.4, 0.5) is 0 Å². The summed E-state index contributed by atoms with van der Waals surface area (Å²) in [6.45, 7) is 9.50. The van der Waals surface area contributed by atoms with Gasteiger partial charge in [-0.15, -0.1) is 0 Å². The van der Waals surface area contributed by atoms with E-state index in [1.807, 2.05) is 6.92 Å². The van der Waals surface area contributed by atoms with Gasteiger partial charge in [-0.05, 0) is 62.8 Å². The molecule has 3 rings (SSSR count). The van der Waals surface area contributed by atoms with Crippen LogP contribution in [0.1, 0.15) is 44.4 Å². The second-order valence-corrected chi connectivity index (χ2v) is 8.45. The molecule has 0 aromatic heterocycles. The minimum Gasteiger partial charge on any atom is -0.507 e. The number of benzene rings is 2. The average molecular weight is 497 g/mol. The predicted molar refractivity (Wildman–Crippen MR) is 139 cm³/mol. The Labute approximate surface area is 213 Å². The largest absolute Gasteiger partial charge is 0.507 e. The summed E-state index contributed by atoms with van der Waals surface area (Å²) in [7, 11) is 3.07. The molecule has 2 aromatic rings. The van der Waals surface area contributed by atoms with E-state index in [-0.39, 0.29) is 11.3 Å². The zero-order valence-electron chi connectivity index (χ0n) is 21.7. The number of hydrogen-bond acceptors (Lipinski definition) is 7. The molecule has 1 aliphatic rings. The topological polar surface area (TPSA) is 88.5 Å². The maximum absolute atomic E-state index is 13.3. The minimum absolute atomic E-state index is 0.0451. The highest BCUT2D eigenvalue weighted by molar-refractivity contribution is 6.46. The van der Waals surface area contributed by atoms with Crippen LogP contribution < -0.4 is 14.2 Å². The average Bonchev–Trinajstić information content (AvgIpc) is 3.15. The smallest absolute Gasteiger partial charge is 0.295 e. The molecular weight excluding hydrogens is 460 g/mol. The van der Waals surface area contributed by atoms with Crippen LogP contribution in [0.3, 0.4) is 0 Å². The van der Waals surface area contributed by atoms with Gasteiger partial charge in [-0.25, -0.2) is 0 Å². The third-order valence-electron chi connectivity index (χ3n) is 6.45. The van der Waals surface area contributed by atoms with Crippen molar-refractivity contribution in [2.24, 2.45) is 0 Å². The first kappa shape index (κ1) is 27.1. The second-order valence-electron chi connectivity index (χ2n) is 8.45. The van der Waals surface area contributed by atoms with Crippen molar-refractivity contribution in [1.82, 2.24) is 9.80 Å². The van der Waals surface area contributed by atoms with Gasteiger partial charge in [0.15, 0.2) is 11.5 Å². The molecule has 8 heteroatoms. The summed E-state index contributed by atoms with van der Waals surface area (Å²) >= 11 is 0. The van der Waals surface area contributed by atoms with Gasteiger partial charge in [0.2, 0.25) is 0 Å². The van der Waals surface area contributed by atoms with E-state index in [0.29, 0.717) is 47.9 Å². The molecule has 0 radical (unpaired) electrons. The maximum atomic E-state index is 13.3. The van der Waals surface area contributed by atoms with Gasteiger partial charge in [0.25, 0.3) is 11.7 Å². The first-order chi connectivity index (χ1) is 17.4. The number of hydrogen-bond donors (Lipinski definition) is 1. The van der Waals surface area contributed by atoms with E-state index in [1.165, 1.54) is 7.11 Å². The molecule has 0 aliphatic carbocycles. The van der Waals surface area contributed by atoms with Crippen molar-refractivity contribution in [3.05, 3.63) is 59.2 Å². The Morgan fingerprint density at radius 2 is 1.72 bits per heavy atom. The quantitative estimate of drug-likeness (QED) is 0.267. The fraction of sp³-hybridized carbons (Fsp3) is 0.429. The van der Waals surface area contributed by atoms with E-state index >= 15 is 0 Å². The normalized spacial score (nSPS) is 17.1. The van der Waals surface area contributed by atoms with Gasteiger partial charge < -0.3 is 29.1 Å². The molecular formula is C28H36N2O6. The molecule has 0 spiro atoms. The van der Waals surface area contributed by atoms with E-state index in [0.717, 1.165) is 19.6 Å². The van der Waals surface area contributed by atoms with E-state index in [4.69, 9.17) is 14.2 Å². The summed E-state index contributed by atoms with van der Waals surface area (Å²) in [6.07, 6.45) is 0.693. The Hall–Kier alpha value is -3.52. The minimum atomic E-state index is -0.766. The van der Waals surface area contributed by atoms with Crippen LogP contribution in [-0.4, -0.2) is 73.6 Å². The Bertz CT molecular complexity index is 1110. The Kier molecular flexibility index (Phi) is 9.36. The number of amides is 1. The fourth-order valence-electron chi connectivity index (χ4n) is 4.54. The van der Waals surface area contributed by atoms with Crippen LogP contribution >= 0.6 is 0 Å². The van der Waals surface area contributed by atoms with Crippen molar-refractivity contribution in [1.29, 1.82) is 0 Å². The molecule has 1 aliphatic heterocycles. The summed E-state index contributed by atoms with van der Waals surface area (Å²) in [6, 6.07) is 11.4. The number of carbonyl (C=O) groups excluding carboxylic acids is 2. The highest BCUT2D eigenvalue weighted by atomic mass is 16.5. The maximum Gasteiger partial charge on any atom is 0.295 e. The van der Waals surface area contributed by atoms with Gasteiger partial charge in [-0.2, -0.15) is 0 Å². The van der Waals surface area contributed by atoms with Crippen molar-refractivity contribution in [3.8, 4) is 17.2 Å². The van der Waals surface area contributed by atoms with Crippen LogP contribution in [-0.2, 0) is 9.59 Å². The number of nitrogens with zero attached hydrogens (tertiary/aromatic N) is 2. The van der Waals surface area contributed by atoms with Crippen molar-refractivity contribution < 1.29 is 28.9 Å². The zero-order valence-corrected chi connectivity index (χ0v) is 21.7. The lowest BCUT2D eigenvalue weighted by molar-refractivity contribution is -0.140. The first-order valence-electron chi connectivity index (χ1n) is 12.4. The van der Waals surface area contributed by atoms with Gasteiger partial charge in [-0.1, -0.05) is 32.0 Å². The highest BCUT2D eigenvalue weighted by Gasteiger charge is 2.46. The molecule has 0 bridgehead atoms. The SMILES string of the molecule is CCOc1cccc(/C(O)=C2\C(=O)C(=O)N(CCCN(CC)CC)C2c2ccc(OC)c(OC)c2)c1. The Morgan fingerprint density at radius 1 is 1.00 bits per heavy atom. The third kappa shape index (κ3) is 5.65. The van der Waals surface area contributed by atoms with Crippen LogP contribution in [0.5, 0.6) is 17.2 Å². The molecule has 2 aromatic carbocycles. The van der Waals surface area contributed by atoms with Gasteiger partial charge in [0.05, 0.1) is 32.4 Å². The van der Waals surface area contributed by atoms with Gasteiger partial charge in [0.1, 0.15) is 11.5 Å². The lowest BCUT2D eigenvalue weighted by atomic mass is 9.95. The molecule has 1 atom stereocenters. The lowest BCUT2D eigenvalue weighted by Crippen LogP contribution is -2.33. The monoisotopic (exact) mass is 496 g/mol. The fourth-order valence-corrected chi connectivity index (χ4v) is 4.54. The van der Waals surface area contributed by atoms with E-state index in [1.54, 1.807) is 54.5 Å². The molecule has 1 amide bonds. The number of ketones is 1. The standard InChI is InChI=1S/C28H36N2O6/c1-6-29(7-2)15-10-16-30-25(19-13-14-22(34-4)23(18-19)35-5)24(27(32)28(30)33)26(31)20-11-9-12-21(17-20)36-8-3/h9,11-14,17-18,25,31H,6-8,10,15-16H2,1-5H3/b26-24+. The van der Waals surface area contributed by atoms with Crippen LogP contribution in [0, 0.1) is 0 Å². The number of aliphatic hydroxyl groups excluding tert-OH is 1. The Morgan fingerprint density at radius 3 is 2.36 bits per heavy atom. The van der Waals surface area contributed by atoms with E-state index in [2.05, 4.69) is 18.7 Å². The highest BCUT2D eigenvalue weighted by Crippen LogP contribution is 2.42. The molecule has 0 saturated carbocycles. The molecule has 8 nitrogen and oxygen atoms in total. The third-order valence-corrected chi connectivity index (χ3v) is 6.45. The molecule has 194 valence electrons. The molecule has 1 unspecified atom stereocenters. The van der Waals surface area contributed by atoms with Crippen molar-refractivity contribution in [3.63, 3.8) is 0 Å². The van der Waals surface area contributed by atoms with Crippen LogP contribution in [0.2, 0.25) is 0 Å². The number of ether oxygens (including phenoxy) is 3. The van der Waals surface area contributed by atoms with Gasteiger partial charge in [0, 0.05) is 12.1 Å². The number of aliphatic hydroxyl groups is 1. The number of carbonyl (C=O) groups is 2. The number of likely N-dealkylation sites (tertiary alicyclic amines) is 1. The molecule has 1 saturated heterocycles. The first-order valence-corrected chi connectivity index (χ1v) is 12.4. The van der Waals surface area contributed by atoms with Crippen LogP contribution in [0.15, 0.2) is 48.0 Å². The van der Waals surface area contributed by atoms with E-state index < -0.39 is 17.7 Å². The molecule has 1 N–H and O–H groups in total. The molecule has 36 heavy (non-hydrogen) atoms. The van der Waals surface area contributed by atoms with Gasteiger partial charge in [-0.3, -0.25) is 9.59 Å².